The summed E-state index contributed by atoms with van der Waals surface area (Å²) in [5.41, 5.74) is 2.50. The van der Waals surface area contributed by atoms with Gasteiger partial charge in [-0.1, -0.05) is 72.8 Å². The second-order valence-corrected chi connectivity index (χ2v) is 9.53. The summed E-state index contributed by atoms with van der Waals surface area (Å²) in [6.45, 7) is 10.6. The van der Waals surface area contributed by atoms with Gasteiger partial charge in [0.05, 0.1) is 19.3 Å². The molecule has 0 bridgehead atoms. The summed E-state index contributed by atoms with van der Waals surface area (Å²) in [7, 11) is 0. The van der Waals surface area contributed by atoms with Gasteiger partial charge in [-0.3, -0.25) is 14.7 Å². The van der Waals surface area contributed by atoms with Crippen molar-refractivity contribution in [2.75, 3.05) is 65.6 Å². The van der Waals surface area contributed by atoms with Crippen molar-refractivity contribution in [3.8, 4) is 0 Å². The van der Waals surface area contributed by atoms with E-state index in [2.05, 4.69) is 103 Å². The molecule has 8 heteroatoms. The van der Waals surface area contributed by atoms with E-state index in [4.69, 9.17) is 4.74 Å². The molecule has 2 saturated heterocycles. The quantitative estimate of drug-likeness (QED) is 0.436. The average molecular weight is 488 g/mol. The Morgan fingerprint density at radius 2 is 1.53 bits per heavy atom. The molecule has 0 aliphatic carbocycles. The normalized spacial score (nSPS) is 19.1. The van der Waals surface area contributed by atoms with Gasteiger partial charge in [-0.2, -0.15) is 0 Å². The molecule has 0 spiro atoms. The van der Waals surface area contributed by atoms with E-state index in [1.807, 2.05) is 4.68 Å². The van der Waals surface area contributed by atoms with E-state index in [0.29, 0.717) is 0 Å². The molecule has 190 valence electrons. The van der Waals surface area contributed by atoms with E-state index in [9.17, 15) is 0 Å². The first-order chi connectivity index (χ1) is 17.9. The van der Waals surface area contributed by atoms with E-state index in [-0.39, 0.29) is 6.04 Å². The van der Waals surface area contributed by atoms with Crippen LogP contribution >= 0.6 is 0 Å². The van der Waals surface area contributed by atoms with Crippen molar-refractivity contribution in [3.63, 3.8) is 0 Å². The van der Waals surface area contributed by atoms with Crippen LogP contribution in [-0.2, 0) is 11.3 Å². The minimum Gasteiger partial charge on any atom is -0.379 e. The minimum absolute atomic E-state index is 0.0617. The average Bonchev–Trinajstić information content (AvgIpc) is 3.39. The molecule has 0 saturated carbocycles. The number of nitrogens with zero attached hydrogens (tertiary/aromatic N) is 7. The predicted octanol–water partition coefficient (Wildman–Crippen LogP) is 2.82. The summed E-state index contributed by atoms with van der Waals surface area (Å²) >= 11 is 0. The van der Waals surface area contributed by atoms with Crippen LogP contribution < -0.4 is 0 Å². The van der Waals surface area contributed by atoms with Gasteiger partial charge in [0.2, 0.25) is 0 Å². The molecule has 3 aromatic rings. The number of rotatable bonds is 10. The van der Waals surface area contributed by atoms with Gasteiger partial charge in [-0.25, -0.2) is 4.68 Å². The Morgan fingerprint density at radius 1 is 0.806 bits per heavy atom. The van der Waals surface area contributed by atoms with E-state index >= 15 is 0 Å². The Labute approximate surface area is 214 Å². The number of tetrazole rings is 1. The van der Waals surface area contributed by atoms with Gasteiger partial charge in [0.25, 0.3) is 0 Å². The van der Waals surface area contributed by atoms with Crippen LogP contribution in [0.3, 0.4) is 0 Å². The van der Waals surface area contributed by atoms with E-state index in [1.165, 1.54) is 11.1 Å². The molecule has 8 nitrogen and oxygen atoms in total. The molecule has 1 atom stereocenters. The van der Waals surface area contributed by atoms with Gasteiger partial charge in [-0.15, -0.1) is 5.10 Å². The molecule has 2 fully saturated rings. The fourth-order valence-corrected chi connectivity index (χ4v) is 5.10. The van der Waals surface area contributed by atoms with E-state index < -0.39 is 0 Å². The molecule has 2 aliphatic heterocycles. The summed E-state index contributed by atoms with van der Waals surface area (Å²) in [5, 5.41) is 13.0. The van der Waals surface area contributed by atoms with Crippen molar-refractivity contribution in [3.05, 3.63) is 83.7 Å². The highest BCUT2D eigenvalue weighted by Gasteiger charge is 2.30. The first kappa shape index (κ1) is 24.8. The van der Waals surface area contributed by atoms with Crippen molar-refractivity contribution in [1.29, 1.82) is 0 Å². The topological polar surface area (TPSA) is 62.6 Å². The zero-order valence-corrected chi connectivity index (χ0v) is 21.0. The lowest BCUT2D eigenvalue weighted by Crippen LogP contribution is -2.48. The smallest absolute Gasteiger partial charge is 0.173 e. The molecule has 3 heterocycles. The SMILES string of the molecule is C(=Cc1ccccc1)CN1CCN([C@H](c2ccccc2)c2nnnn2CCCN2CCOCC2)CC1. The lowest BCUT2D eigenvalue weighted by molar-refractivity contribution is 0.0367. The predicted molar refractivity (Wildman–Crippen MR) is 141 cm³/mol. The molecule has 2 aromatic carbocycles. The van der Waals surface area contributed by atoms with Crippen LogP contribution in [0.1, 0.15) is 29.4 Å². The zero-order chi connectivity index (χ0) is 24.4. The zero-order valence-electron chi connectivity index (χ0n) is 21.0. The lowest BCUT2D eigenvalue weighted by atomic mass is 10.0. The van der Waals surface area contributed by atoms with Crippen molar-refractivity contribution >= 4 is 6.08 Å². The molecule has 2 aliphatic rings. The number of aryl methyl sites for hydroxylation is 1. The molecular weight excluding hydrogens is 450 g/mol. The van der Waals surface area contributed by atoms with Crippen LogP contribution in [0.15, 0.2) is 66.7 Å². The fourth-order valence-electron chi connectivity index (χ4n) is 5.10. The van der Waals surface area contributed by atoms with Crippen LogP contribution in [0, 0.1) is 0 Å². The number of aromatic nitrogens is 4. The lowest BCUT2D eigenvalue weighted by Gasteiger charge is -2.38. The summed E-state index contributed by atoms with van der Waals surface area (Å²) in [6, 6.07) is 21.3. The third-order valence-corrected chi connectivity index (χ3v) is 7.11. The van der Waals surface area contributed by atoms with Crippen molar-refractivity contribution in [2.45, 2.75) is 19.0 Å². The maximum atomic E-state index is 5.48. The number of ether oxygens (including phenoxy) is 1. The Morgan fingerprint density at radius 3 is 2.28 bits per heavy atom. The molecule has 1 aromatic heterocycles. The monoisotopic (exact) mass is 487 g/mol. The fraction of sp³-hybridized carbons (Fsp3) is 0.464. The standard InChI is InChI=1S/C28H37N7O/c1-3-9-25(10-4-1)11-7-14-32-17-19-34(20-18-32)27(26-12-5-2-6-13-26)28-29-30-31-35(28)16-8-15-33-21-23-36-24-22-33/h1-7,9-13,27H,8,14-24H2/t27-/m1/s1. The Kier molecular flexibility index (Phi) is 8.86. The molecule has 36 heavy (non-hydrogen) atoms. The van der Waals surface area contributed by atoms with Gasteiger partial charge < -0.3 is 4.74 Å². The highest BCUT2D eigenvalue weighted by atomic mass is 16.5. The van der Waals surface area contributed by atoms with Crippen LogP contribution in [0.25, 0.3) is 6.08 Å². The second kappa shape index (κ2) is 12.9. The Bertz CT molecular complexity index is 1060. The number of hydrogen-bond donors (Lipinski definition) is 0. The molecular formula is C28H37N7O. The molecule has 5 rings (SSSR count). The van der Waals surface area contributed by atoms with Gasteiger partial charge >= 0.3 is 0 Å². The molecule has 0 amide bonds. The number of morpholine rings is 1. The Hall–Kier alpha value is -2.91. The molecule has 0 unspecified atom stereocenters. The maximum Gasteiger partial charge on any atom is 0.173 e. The third kappa shape index (κ3) is 6.64. The highest BCUT2D eigenvalue weighted by Crippen LogP contribution is 2.28. The van der Waals surface area contributed by atoms with Gasteiger partial charge in [0.1, 0.15) is 0 Å². The van der Waals surface area contributed by atoms with Crippen LogP contribution in [0.5, 0.6) is 0 Å². The van der Waals surface area contributed by atoms with Crippen molar-refractivity contribution in [2.24, 2.45) is 0 Å². The molecule has 0 radical (unpaired) electrons. The van der Waals surface area contributed by atoms with E-state index in [1.54, 1.807) is 0 Å². The van der Waals surface area contributed by atoms with Gasteiger partial charge in [0, 0.05) is 58.9 Å². The van der Waals surface area contributed by atoms with Crippen LogP contribution in [0.4, 0.5) is 0 Å². The summed E-state index contributed by atoms with van der Waals surface area (Å²) < 4.78 is 7.50. The number of piperazine rings is 1. The summed E-state index contributed by atoms with van der Waals surface area (Å²) in [5.74, 6) is 0.945. The Balaban J connectivity index is 1.22. The van der Waals surface area contributed by atoms with E-state index in [0.717, 1.165) is 84.4 Å². The molecule has 0 N–H and O–H groups in total. The third-order valence-electron chi connectivity index (χ3n) is 7.11. The van der Waals surface area contributed by atoms with Crippen LogP contribution in [0.2, 0.25) is 0 Å². The highest BCUT2D eigenvalue weighted by molar-refractivity contribution is 5.48. The van der Waals surface area contributed by atoms with Crippen molar-refractivity contribution < 1.29 is 4.74 Å². The number of hydrogen-bond acceptors (Lipinski definition) is 7. The summed E-state index contributed by atoms with van der Waals surface area (Å²) in [4.78, 5) is 7.52. The number of benzene rings is 2. The van der Waals surface area contributed by atoms with Crippen LogP contribution in [-0.4, -0.2) is 100 Å². The first-order valence-corrected chi connectivity index (χ1v) is 13.2. The van der Waals surface area contributed by atoms with Gasteiger partial charge in [0.15, 0.2) is 5.82 Å². The largest absolute Gasteiger partial charge is 0.379 e. The first-order valence-electron chi connectivity index (χ1n) is 13.2. The maximum absolute atomic E-state index is 5.48. The van der Waals surface area contributed by atoms with Crippen molar-refractivity contribution in [1.82, 2.24) is 34.9 Å². The van der Waals surface area contributed by atoms with Gasteiger partial charge in [-0.05, 0) is 28.0 Å². The second-order valence-electron chi connectivity index (χ2n) is 9.53. The summed E-state index contributed by atoms with van der Waals surface area (Å²) in [6.07, 6.45) is 5.51. The minimum atomic E-state index is 0.0617.